The molecule has 2 amide bonds. The number of hydrogen-bond donors (Lipinski definition) is 3. The molecule has 1 heterocycles. The maximum Gasteiger partial charge on any atom is 0.220 e. The average molecular weight is 438 g/mol. The van der Waals surface area contributed by atoms with Crippen LogP contribution in [-0.2, 0) is 14.4 Å². The molecular formula is C23H43N5O3. The molecule has 31 heavy (non-hydrogen) atoms. The molecule has 0 aromatic rings. The van der Waals surface area contributed by atoms with Crippen molar-refractivity contribution in [3.05, 3.63) is 0 Å². The fourth-order valence-corrected chi connectivity index (χ4v) is 4.33. The zero-order chi connectivity index (χ0) is 23.3. The number of nitrogens with two attached hydrogens (primary N) is 2. The lowest BCUT2D eigenvalue weighted by Gasteiger charge is -2.34. The van der Waals surface area contributed by atoms with Crippen LogP contribution in [0.5, 0.6) is 0 Å². The Morgan fingerprint density at radius 2 is 1.77 bits per heavy atom. The lowest BCUT2D eigenvalue weighted by molar-refractivity contribution is -0.134. The maximum atomic E-state index is 13.4. The summed E-state index contributed by atoms with van der Waals surface area (Å²) in [5.74, 6) is 0.113. The highest BCUT2D eigenvalue weighted by molar-refractivity contribution is 5.93. The molecule has 0 spiro atoms. The van der Waals surface area contributed by atoms with Crippen molar-refractivity contribution in [1.82, 2.24) is 10.2 Å². The van der Waals surface area contributed by atoms with E-state index in [1.54, 1.807) is 6.92 Å². The minimum Gasteiger partial charge on any atom is -0.370 e. The molecule has 0 radical (unpaired) electrons. The Kier molecular flexibility index (Phi) is 12.2. The summed E-state index contributed by atoms with van der Waals surface area (Å²) < 4.78 is 0. The highest BCUT2D eigenvalue weighted by atomic mass is 16.2. The van der Waals surface area contributed by atoms with Gasteiger partial charge >= 0.3 is 0 Å². The molecule has 0 aromatic heterocycles. The van der Waals surface area contributed by atoms with Gasteiger partial charge in [-0.2, -0.15) is 0 Å². The Bertz CT molecular complexity index is 612. The van der Waals surface area contributed by atoms with Crippen molar-refractivity contribution < 1.29 is 14.4 Å². The van der Waals surface area contributed by atoms with Gasteiger partial charge in [-0.15, -0.1) is 0 Å². The number of carbonyl (C=O) groups is 3. The van der Waals surface area contributed by atoms with Crippen LogP contribution in [0.3, 0.4) is 0 Å². The Hall–Kier alpha value is -2.12. The second-order valence-electron chi connectivity index (χ2n) is 8.76. The third kappa shape index (κ3) is 9.70. The van der Waals surface area contributed by atoms with E-state index in [-0.39, 0.29) is 29.5 Å². The van der Waals surface area contributed by atoms with Crippen LogP contribution in [-0.4, -0.2) is 53.6 Å². The lowest BCUT2D eigenvalue weighted by Crippen LogP contribution is -2.54. The number of nitrogens with one attached hydrogen (secondary N) is 1. The predicted octanol–water partition coefficient (Wildman–Crippen LogP) is 2.49. The molecule has 0 saturated carbocycles. The normalized spacial score (nSPS) is 21.5. The van der Waals surface area contributed by atoms with E-state index in [0.29, 0.717) is 45.3 Å². The SMILES string of the molecule is CCC1(CC)NC(=O)CCCCCCCN(C(C)=O)C[C@H](CCCN=C(N)N)CC1=O. The average Bonchev–Trinajstić information content (AvgIpc) is 2.72. The third-order valence-corrected chi connectivity index (χ3v) is 6.41. The fraction of sp³-hybridized carbons (Fsp3) is 0.826. The number of hydrogen-bond acceptors (Lipinski definition) is 4. The summed E-state index contributed by atoms with van der Waals surface area (Å²) in [7, 11) is 0. The first kappa shape index (κ1) is 26.9. The van der Waals surface area contributed by atoms with Gasteiger partial charge in [0.1, 0.15) is 0 Å². The van der Waals surface area contributed by atoms with E-state index in [4.69, 9.17) is 11.5 Å². The number of carbonyl (C=O) groups excluding carboxylic acids is 3. The molecule has 1 rings (SSSR count). The molecule has 0 bridgehead atoms. The van der Waals surface area contributed by atoms with Gasteiger partial charge in [-0.25, -0.2) is 0 Å². The molecule has 8 heteroatoms. The smallest absolute Gasteiger partial charge is 0.220 e. The minimum atomic E-state index is -0.837. The van der Waals surface area contributed by atoms with E-state index < -0.39 is 5.54 Å². The van der Waals surface area contributed by atoms with E-state index in [1.807, 2.05) is 18.7 Å². The van der Waals surface area contributed by atoms with Crippen molar-refractivity contribution in [2.24, 2.45) is 22.4 Å². The van der Waals surface area contributed by atoms with E-state index >= 15 is 0 Å². The minimum absolute atomic E-state index is 0.00473. The summed E-state index contributed by atoms with van der Waals surface area (Å²) in [6, 6.07) is 0. The predicted molar refractivity (Wildman–Crippen MR) is 124 cm³/mol. The van der Waals surface area contributed by atoms with Crippen molar-refractivity contribution >= 4 is 23.6 Å². The van der Waals surface area contributed by atoms with Crippen LogP contribution in [0.25, 0.3) is 0 Å². The number of nitrogens with zero attached hydrogens (tertiary/aromatic N) is 2. The van der Waals surface area contributed by atoms with Crippen LogP contribution in [0.1, 0.15) is 91.4 Å². The van der Waals surface area contributed by atoms with Gasteiger partial charge < -0.3 is 21.7 Å². The molecule has 0 aliphatic carbocycles. The van der Waals surface area contributed by atoms with Crippen molar-refractivity contribution in [3.63, 3.8) is 0 Å². The van der Waals surface area contributed by atoms with Crippen LogP contribution >= 0.6 is 0 Å². The Labute approximate surface area is 187 Å². The molecule has 1 aliphatic heterocycles. The highest BCUT2D eigenvalue weighted by Gasteiger charge is 2.37. The van der Waals surface area contributed by atoms with Crippen LogP contribution in [0.2, 0.25) is 0 Å². The lowest BCUT2D eigenvalue weighted by atomic mass is 9.81. The fourth-order valence-electron chi connectivity index (χ4n) is 4.33. The number of guanidine groups is 1. The summed E-state index contributed by atoms with van der Waals surface area (Å²) in [4.78, 5) is 44.1. The monoisotopic (exact) mass is 437 g/mol. The topological polar surface area (TPSA) is 131 Å². The molecule has 0 aromatic carbocycles. The zero-order valence-electron chi connectivity index (χ0n) is 19.8. The first-order valence-electron chi connectivity index (χ1n) is 11.9. The molecule has 0 unspecified atom stereocenters. The van der Waals surface area contributed by atoms with E-state index in [2.05, 4.69) is 10.3 Å². The van der Waals surface area contributed by atoms with Crippen LogP contribution in [0, 0.1) is 5.92 Å². The highest BCUT2D eigenvalue weighted by Crippen LogP contribution is 2.25. The van der Waals surface area contributed by atoms with Gasteiger partial charge in [0.25, 0.3) is 0 Å². The molecule has 178 valence electrons. The van der Waals surface area contributed by atoms with Gasteiger partial charge in [-0.1, -0.05) is 33.1 Å². The summed E-state index contributed by atoms with van der Waals surface area (Å²) in [5, 5.41) is 3.06. The quantitative estimate of drug-likeness (QED) is 0.334. The zero-order valence-corrected chi connectivity index (χ0v) is 19.8. The molecule has 1 atom stereocenters. The van der Waals surface area contributed by atoms with Crippen LogP contribution < -0.4 is 16.8 Å². The molecule has 5 N–H and O–H groups in total. The number of rotatable bonds is 6. The van der Waals surface area contributed by atoms with Gasteiger partial charge in [0.05, 0.1) is 5.54 Å². The molecule has 1 fully saturated rings. The summed E-state index contributed by atoms with van der Waals surface area (Å²) in [6.45, 7) is 7.24. The second kappa shape index (κ2) is 14.0. The Morgan fingerprint density at radius 3 is 2.39 bits per heavy atom. The van der Waals surface area contributed by atoms with Crippen molar-refractivity contribution in [1.29, 1.82) is 0 Å². The number of ketones is 1. The maximum absolute atomic E-state index is 13.4. The standard InChI is InChI=1S/C23H43N5O3/c1-4-23(5-2)20(30)16-19(12-11-14-26-22(24)25)17-28(18(3)29)15-10-8-6-7-9-13-21(31)27-23/h19H,4-17H2,1-3H3,(H,27,31)(H4,24,25,26)/t19-/m1/s1. The van der Waals surface area contributed by atoms with E-state index in [1.165, 1.54) is 0 Å². The number of aliphatic imine (C=N–C) groups is 1. The van der Waals surface area contributed by atoms with Gasteiger partial charge in [0.15, 0.2) is 11.7 Å². The van der Waals surface area contributed by atoms with Crippen LogP contribution in [0.15, 0.2) is 4.99 Å². The number of amides is 2. The molecule has 1 saturated heterocycles. The van der Waals surface area contributed by atoms with Gasteiger partial charge in [-0.3, -0.25) is 19.4 Å². The van der Waals surface area contributed by atoms with Crippen molar-refractivity contribution in [2.75, 3.05) is 19.6 Å². The summed E-state index contributed by atoms with van der Waals surface area (Å²) in [6.07, 6.45) is 8.21. The molecule has 8 nitrogen and oxygen atoms in total. The first-order valence-corrected chi connectivity index (χ1v) is 11.9. The molecule has 1 aliphatic rings. The van der Waals surface area contributed by atoms with Gasteiger partial charge in [0.2, 0.25) is 11.8 Å². The van der Waals surface area contributed by atoms with E-state index in [9.17, 15) is 14.4 Å². The number of Topliss-reactive ketones (excluding diaryl/α,β-unsaturated/α-hetero) is 1. The summed E-state index contributed by atoms with van der Waals surface area (Å²) in [5.41, 5.74) is 10.00. The molecular weight excluding hydrogens is 394 g/mol. The largest absolute Gasteiger partial charge is 0.370 e. The van der Waals surface area contributed by atoms with Gasteiger partial charge in [-0.05, 0) is 44.4 Å². The third-order valence-electron chi connectivity index (χ3n) is 6.41. The Morgan fingerprint density at radius 1 is 1.13 bits per heavy atom. The van der Waals surface area contributed by atoms with Crippen molar-refractivity contribution in [3.8, 4) is 0 Å². The first-order chi connectivity index (χ1) is 14.7. The Balaban J connectivity index is 3.07. The second-order valence-corrected chi connectivity index (χ2v) is 8.76. The van der Waals surface area contributed by atoms with Crippen molar-refractivity contribution in [2.45, 2.75) is 96.9 Å². The summed E-state index contributed by atoms with van der Waals surface area (Å²) >= 11 is 0. The van der Waals surface area contributed by atoms with E-state index in [0.717, 1.165) is 44.9 Å². The van der Waals surface area contributed by atoms with Crippen LogP contribution in [0.4, 0.5) is 0 Å². The van der Waals surface area contributed by atoms with Gasteiger partial charge in [0, 0.05) is 39.4 Å².